The number of nitrogens with one attached hydrogen (secondary N) is 2. The third kappa shape index (κ3) is 3.71. The molecule has 0 aliphatic rings. The number of para-hydroxylation sites is 1. The van der Waals surface area contributed by atoms with Gasteiger partial charge in [-0.15, -0.1) is 0 Å². The Hall–Kier alpha value is -3.26. The second-order valence-electron chi connectivity index (χ2n) is 6.73. The van der Waals surface area contributed by atoms with Crippen molar-refractivity contribution in [1.82, 2.24) is 29.6 Å². The molecule has 0 saturated heterocycles. The number of nitrogens with zero attached hydrogens (tertiary/aromatic N) is 4. The topological polar surface area (TPSA) is 80.5 Å². The Balaban J connectivity index is 1.51. The van der Waals surface area contributed by atoms with Crippen LogP contribution in [-0.4, -0.2) is 36.8 Å². The summed E-state index contributed by atoms with van der Waals surface area (Å²) in [7, 11) is 0. The Bertz CT molecular complexity index is 1220. The minimum Gasteiger partial charge on any atom is -0.352 e. The molecule has 0 atom stereocenters. The molecule has 4 rings (SSSR count). The second kappa shape index (κ2) is 8.00. The summed E-state index contributed by atoms with van der Waals surface area (Å²) in [4.78, 5) is 17.2. The summed E-state index contributed by atoms with van der Waals surface area (Å²) in [5.74, 6) is 1.59. The lowest BCUT2D eigenvalue weighted by Gasteiger charge is -2.08. The van der Waals surface area contributed by atoms with E-state index in [2.05, 4.69) is 25.1 Å². The van der Waals surface area contributed by atoms with Gasteiger partial charge in [-0.3, -0.25) is 14.5 Å². The largest absolute Gasteiger partial charge is 0.352 e. The van der Waals surface area contributed by atoms with Gasteiger partial charge >= 0.3 is 0 Å². The fraction of sp³-hybridized carbons (Fsp3) is 0.238. The molecule has 4 aromatic rings. The van der Waals surface area contributed by atoms with Crippen LogP contribution >= 0.6 is 12.2 Å². The van der Waals surface area contributed by atoms with E-state index in [0.29, 0.717) is 23.3 Å². The summed E-state index contributed by atoms with van der Waals surface area (Å²) < 4.78 is 4.61. The van der Waals surface area contributed by atoms with E-state index in [1.807, 2.05) is 66.9 Å². The summed E-state index contributed by atoms with van der Waals surface area (Å²) in [5.41, 5.74) is 3.41. The lowest BCUT2D eigenvalue weighted by Crippen LogP contribution is -2.26. The maximum Gasteiger partial charge on any atom is 0.251 e. The first kappa shape index (κ1) is 19.1. The minimum atomic E-state index is -0.129. The van der Waals surface area contributed by atoms with Crippen LogP contribution < -0.4 is 5.32 Å². The van der Waals surface area contributed by atoms with Gasteiger partial charge < -0.3 is 9.88 Å². The molecule has 0 radical (unpaired) electrons. The number of aromatic amines is 1. The zero-order valence-electron chi connectivity index (χ0n) is 16.3. The van der Waals surface area contributed by atoms with Gasteiger partial charge in [-0.2, -0.15) is 5.10 Å². The number of fused-ring (bicyclic) bond motifs is 1. The summed E-state index contributed by atoms with van der Waals surface area (Å²) in [6.07, 6.45) is 0.608. The van der Waals surface area contributed by atoms with Crippen molar-refractivity contribution >= 4 is 29.2 Å². The lowest BCUT2D eigenvalue weighted by atomic mass is 10.2. The maximum absolute atomic E-state index is 12.6. The molecule has 2 aromatic carbocycles. The van der Waals surface area contributed by atoms with E-state index in [0.717, 1.165) is 34.9 Å². The number of carbonyl (C=O) groups excluding carboxylic acids is 1. The van der Waals surface area contributed by atoms with Gasteiger partial charge in [-0.05, 0) is 56.4 Å². The van der Waals surface area contributed by atoms with Gasteiger partial charge in [0.25, 0.3) is 5.91 Å². The average molecular weight is 407 g/mol. The fourth-order valence-electron chi connectivity index (χ4n) is 3.50. The highest BCUT2D eigenvalue weighted by molar-refractivity contribution is 7.71. The van der Waals surface area contributed by atoms with Crippen molar-refractivity contribution in [2.45, 2.75) is 26.8 Å². The predicted molar refractivity (Wildman–Crippen MR) is 115 cm³/mol. The Morgan fingerprint density at radius 2 is 2.00 bits per heavy atom. The molecule has 0 unspecified atom stereocenters. The number of aryl methyl sites for hydroxylation is 1. The van der Waals surface area contributed by atoms with Crippen molar-refractivity contribution in [3.05, 3.63) is 70.5 Å². The van der Waals surface area contributed by atoms with Crippen molar-refractivity contribution in [1.29, 1.82) is 0 Å². The molecule has 29 heavy (non-hydrogen) atoms. The van der Waals surface area contributed by atoms with Gasteiger partial charge in [0, 0.05) is 30.8 Å². The van der Waals surface area contributed by atoms with Crippen LogP contribution in [0.5, 0.6) is 0 Å². The molecule has 0 aliphatic carbocycles. The van der Waals surface area contributed by atoms with Crippen molar-refractivity contribution < 1.29 is 4.79 Å². The SMILES string of the molecule is CCn1c(CCNC(=O)c2ccc3c(c2)nc(C)n3-c2ccccc2)n[nH]c1=S. The molecule has 0 saturated carbocycles. The van der Waals surface area contributed by atoms with E-state index in [9.17, 15) is 4.79 Å². The number of amides is 1. The first-order valence-corrected chi connectivity index (χ1v) is 9.96. The molecule has 8 heteroatoms. The highest BCUT2D eigenvalue weighted by Crippen LogP contribution is 2.22. The third-order valence-corrected chi connectivity index (χ3v) is 5.20. The van der Waals surface area contributed by atoms with E-state index in [-0.39, 0.29) is 5.91 Å². The van der Waals surface area contributed by atoms with Crippen molar-refractivity contribution in [3.63, 3.8) is 0 Å². The van der Waals surface area contributed by atoms with Gasteiger partial charge in [0.15, 0.2) is 4.77 Å². The van der Waals surface area contributed by atoms with Gasteiger partial charge in [0.05, 0.1) is 11.0 Å². The number of carbonyl (C=O) groups is 1. The van der Waals surface area contributed by atoms with Crippen LogP contribution in [0.2, 0.25) is 0 Å². The Morgan fingerprint density at radius 1 is 1.21 bits per heavy atom. The van der Waals surface area contributed by atoms with E-state index >= 15 is 0 Å². The number of hydrogen-bond acceptors (Lipinski definition) is 4. The Morgan fingerprint density at radius 3 is 2.76 bits per heavy atom. The Kier molecular flexibility index (Phi) is 5.26. The third-order valence-electron chi connectivity index (χ3n) is 4.89. The summed E-state index contributed by atoms with van der Waals surface area (Å²) >= 11 is 5.19. The normalized spacial score (nSPS) is 11.1. The summed E-state index contributed by atoms with van der Waals surface area (Å²) in [5, 5.41) is 9.96. The number of H-pyrrole nitrogens is 1. The summed E-state index contributed by atoms with van der Waals surface area (Å²) in [6, 6.07) is 15.7. The van der Waals surface area contributed by atoms with Crippen molar-refractivity contribution in [3.8, 4) is 5.69 Å². The molecule has 2 aromatic heterocycles. The van der Waals surface area contributed by atoms with Gasteiger partial charge in [0.1, 0.15) is 11.6 Å². The van der Waals surface area contributed by atoms with Crippen molar-refractivity contribution in [2.75, 3.05) is 6.54 Å². The number of hydrogen-bond donors (Lipinski definition) is 2. The Labute approximate surface area is 173 Å². The van der Waals surface area contributed by atoms with Crippen LogP contribution in [0.1, 0.15) is 28.9 Å². The first-order valence-electron chi connectivity index (χ1n) is 9.55. The molecular formula is C21H22N6OS. The second-order valence-corrected chi connectivity index (χ2v) is 7.12. The molecule has 2 N–H and O–H groups in total. The predicted octanol–water partition coefficient (Wildman–Crippen LogP) is 3.58. The zero-order chi connectivity index (χ0) is 20.4. The number of benzene rings is 2. The van der Waals surface area contributed by atoms with Gasteiger partial charge in [-0.25, -0.2) is 4.98 Å². The number of aromatic nitrogens is 5. The molecule has 0 bridgehead atoms. The molecule has 2 heterocycles. The van der Waals surface area contributed by atoms with Crippen LogP contribution in [0, 0.1) is 11.7 Å². The molecule has 1 amide bonds. The van der Waals surface area contributed by atoms with E-state index < -0.39 is 0 Å². The van der Waals surface area contributed by atoms with E-state index in [1.54, 1.807) is 0 Å². The standard InChI is InChI=1S/C21H22N6OS/c1-3-26-19(24-25-21(26)29)11-12-22-20(28)15-9-10-18-17(13-15)23-14(2)27(18)16-7-5-4-6-8-16/h4-10,13H,3,11-12H2,1-2H3,(H,22,28)(H,25,29). The van der Waals surface area contributed by atoms with Crippen molar-refractivity contribution in [2.24, 2.45) is 0 Å². The van der Waals surface area contributed by atoms with Crippen LogP contribution in [0.3, 0.4) is 0 Å². The van der Waals surface area contributed by atoms with Crippen LogP contribution in [0.25, 0.3) is 16.7 Å². The van der Waals surface area contributed by atoms with Gasteiger partial charge in [0.2, 0.25) is 0 Å². The average Bonchev–Trinajstić information content (AvgIpc) is 3.26. The van der Waals surface area contributed by atoms with Gasteiger partial charge in [-0.1, -0.05) is 18.2 Å². The van der Waals surface area contributed by atoms with E-state index in [1.165, 1.54) is 0 Å². The van der Waals surface area contributed by atoms with Crippen LogP contribution in [0.15, 0.2) is 48.5 Å². The molecular weight excluding hydrogens is 384 g/mol. The minimum absolute atomic E-state index is 0.129. The molecule has 7 nitrogen and oxygen atoms in total. The smallest absolute Gasteiger partial charge is 0.251 e. The monoisotopic (exact) mass is 406 g/mol. The highest BCUT2D eigenvalue weighted by atomic mass is 32.1. The highest BCUT2D eigenvalue weighted by Gasteiger charge is 2.13. The number of imidazole rings is 1. The quantitative estimate of drug-likeness (QED) is 0.480. The molecule has 148 valence electrons. The first-order chi connectivity index (χ1) is 14.1. The fourth-order valence-corrected chi connectivity index (χ4v) is 3.78. The summed E-state index contributed by atoms with van der Waals surface area (Å²) in [6.45, 7) is 5.21. The zero-order valence-corrected chi connectivity index (χ0v) is 17.2. The molecule has 0 aliphatic heterocycles. The lowest BCUT2D eigenvalue weighted by molar-refractivity contribution is 0.0954. The van der Waals surface area contributed by atoms with Crippen LogP contribution in [0.4, 0.5) is 0 Å². The molecule has 0 fully saturated rings. The number of rotatable bonds is 6. The maximum atomic E-state index is 12.6. The van der Waals surface area contributed by atoms with Crippen LogP contribution in [-0.2, 0) is 13.0 Å². The van der Waals surface area contributed by atoms with E-state index in [4.69, 9.17) is 12.2 Å². The molecule has 0 spiro atoms.